The highest BCUT2D eigenvalue weighted by Crippen LogP contribution is 2.23. The number of rotatable bonds is 4. The van der Waals surface area contributed by atoms with Crippen LogP contribution < -0.4 is 9.44 Å². The number of nitrogens with one attached hydrogen (secondary N) is 2. The molecule has 84 valence electrons. The zero-order valence-corrected chi connectivity index (χ0v) is 12.5. The van der Waals surface area contributed by atoms with E-state index in [4.69, 9.17) is 0 Å². The van der Waals surface area contributed by atoms with Crippen LogP contribution in [0.15, 0.2) is 22.7 Å². The monoisotopic (exact) mass is 404 g/mol. The topological polar surface area (TPSA) is 58.2 Å². The lowest BCUT2D eigenvalue weighted by Gasteiger charge is -2.09. The lowest BCUT2D eigenvalue weighted by Crippen LogP contribution is -2.30. The van der Waals surface area contributed by atoms with Crippen molar-refractivity contribution in [2.75, 3.05) is 11.3 Å². The molecule has 4 nitrogen and oxygen atoms in total. The molecule has 0 saturated heterocycles. The summed E-state index contributed by atoms with van der Waals surface area (Å²) in [7, 11) is -3.45. The van der Waals surface area contributed by atoms with E-state index in [-0.39, 0.29) is 0 Å². The van der Waals surface area contributed by atoms with E-state index in [1.807, 2.05) is 12.1 Å². The molecule has 0 aliphatic heterocycles. The zero-order valence-electron chi connectivity index (χ0n) is 7.92. The van der Waals surface area contributed by atoms with E-state index >= 15 is 0 Å². The highest BCUT2D eigenvalue weighted by atomic mass is 127. The van der Waals surface area contributed by atoms with Crippen LogP contribution in [0.3, 0.4) is 0 Å². The summed E-state index contributed by atoms with van der Waals surface area (Å²) >= 11 is 5.35. The molecule has 0 heterocycles. The summed E-state index contributed by atoms with van der Waals surface area (Å²) in [5, 5.41) is 0. The van der Waals surface area contributed by atoms with Crippen LogP contribution in [-0.4, -0.2) is 15.0 Å². The smallest absolute Gasteiger partial charge is 0.270 e. The fourth-order valence-corrected chi connectivity index (χ4v) is 2.87. The van der Waals surface area contributed by atoms with Crippen molar-refractivity contribution < 1.29 is 8.42 Å². The molecule has 0 aliphatic carbocycles. The predicted molar refractivity (Wildman–Crippen MR) is 73.1 cm³/mol. The van der Waals surface area contributed by atoms with Crippen LogP contribution in [0.1, 0.15) is 6.92 Å². The van der Waals surface area contributed by atoms with Gasteiger partial charge in [-0.05, 0) is 40.8 Å². The Morgan fingerprint density at radius 2 is 2.13 bits per heavy atom. The van der Waals surface area contributed by atoms with Crippen LogP contribution in [0.2, 0.25) is 0 Å². The molecule has 2 N–H and O–H groups in total. The number of anilines is 1. The third-order valence-electron chi connectivity index (χ3n) is 1.51. The highest BCUT2D eigenvalue weighted by Gasteiger charge is 2.10. The minimum atomic E-state index is -3.45. The van der Waals surface area contributed by atoms with Gasteiger partial charge in [-0.2, -0.15) is 13.1 Å². The van der Waals surface area contributed by atoms with Gasteiger partial charge in [0.05, 0.1) is 5.69 Å². The van der Waals surface area contributed by atoms with Gasteiger partial charge in [0.25, 0.3) is 10.2 Å². The van der Waals surface area contributed by atoms with Crippen molar-refractivity contribution >= 4 is 54.4 Å². The van der Waals surface area contributed by atoms with E-state index in [9.17, 15) is 8.42 Å². The Morgan fingerprint density at radius 1 is 1.47 bits per heavy atom. The van der Waals surface area contributed by atoms with Crippen molar-refractivity contribution in [3.63, 3.8) is 0 Å². The van der Waals surface area contributed by atoms with Crippen molar-refractivity contribution in [2.24, 2.45) is 0 Å². The maximum absolute atomic E-state index is 11.4. The fourth-order valence-electron chi connectivity index (χ4n) is 0.947. The van der Waals surface area contributed by atoms with Crippen molar-refractivity contribution in [3.8, 4) is 0 Å². The highest BCUT2D eigenvalue weighted by molar-refractivity contribution is 14.1. The van der Waals surface area contributed by atoms with Gasteiger partial charge in [0, 0.05) is 14.6 Å². The molecule has 0 amide bonds. The van der Waals surface area contributed by atoms with E-state index in [2.05, 4.69) is 48.0 Å². The van der Waals surface area contributed by atoms with Crippen LogP contribution in [0.4, 0.5) is 5.69 Å². The maximum atomic E-state index is 11.4. The lowest BCUT2D eigenvalue weighted by molar-refractivity contribution is 0.589. The Morgan fingerprint density at radius 3 is 2.73 bits per heavy atom. The quantitative estimate of drug-likeness (QED) is 0.756. The van der Waals surface area contributed by atoms with Crippen molar-refractivity contribution in [2.45, 2.75) is 6.92 Å². The van der Waals surface area contributed by atoms with Crippen LogP contribution in [-0.2, 0) is 10.2 Å². The molecule has 0 aliphatic rings. The second-order valence-electron chi connectivity index (χ2n) is 2.73. The molecule has 1 rings (SSSR count). The summed E-state index contributed by atoms with van der Waals surface area (Å²) in [6.45, 7) is 2.09. The standard InChI is InChI=1S/C8H10BrIN2O2S/c1-2-11-15(13,14)12-8-5-6(9)3-4-7(8)10/h3-5,11-12H,2H2,1H3. The molecule has 0 saturated carbocycles. The number of hydrogen-bond acceptors (Lipinski definition) is 2. The normalized spacial score (nSPS) is 11.4. The number of halogens is 2. The van der Waals surface area contributed by atoms with Gasteiger partial charge in [0.1, 0.15) is 0 Å². The van der Waals surface area contributed by atoms with Crippen molar-refractivity contribution in [1.82, 2.24) is 4.72 Å². The minimum Gasteiger partial charge on any atom is -0.270 e. The van der Waals surface area contributed by atoms with Crippen LogP contribution in [0, 0.1) is 3.57 Å². The summed E-state index contributed by atoms with van der Waals surface area (Å²) in [6, 6.07) is 5.40. The zero-order chi connectivity index (χ0) is 11.5. The summed E-state index contributed by atoms with van der Waals surface area (Å²) in [6.07, 6.45) is 0. The molecule has 0 bridgehead atoms. The first-order valence-corrected chi connectivity index (χ1v) is 7.52. The lowest BCUT2D eigenvalue weighted by atomic mass is 10.3. The molecule has 15 heavy (non-hydrogen) atoms. The van der Waals surface area contributed by atoms with Gasteiger partial charge in [0.2, 0.25) is 0 Å². The Hall–Kier alpha value is 0.140. The predicted octanol–water partition coefficient (Wildman–Crippen LogP) is 2.32. The molecule has 1 aromatic carbocycles. The summed E-state index contributed by atoms with van der Waals surface area (Å²) in [5.41, 5.74) is 0.561. The average Bonchev–Trinajstić information content (AvgIpc) is 2.10. The molecular weight excluding hydrogens is 395 g/mol. The average molecular weight is 405 g/mol. The van der Waals surface area contributed by atoms with Gasteiger partial charge in [-0.3, -0.25) is 4.72 Å². The first kappa shape index (κ1) is 13.2. The Balaban J connectivity index is 2.94. The maximum Gasteiger partial charge on any atom is 0.299 e. The second-order valence-corrected chi connectivity index (χ2v) is 6.31. The molecular formula is C8H10BrIN2O2S. The molecule has 0 radical (unpaired) electrons. The van der Waals surface area contributed by atoms with Gasteiger partial charge in [-0.1, -0.05) is 22.9 Å². The SMILES string of the molecule is CCNS(=O)(=O)Nc1cc(Br)ccc1I. The molecule has 0 atom stereocenters. The van der Waals surface area contributed by atoms with Crippen LogP contribution in [0.5, 0.6) is 0 Å². The van der Waals surface area contributed by atoms with E-state index < -0.39 is 10.2 Å². The molecule has 0 unspecified atom stereocenters. The molecule has 1 aromatic rings. The van der Waals surface area contributed by atoms with E-state index in [1.54, 1.807) is 13.0 Å². The second kappa shape index (κ2) is 5.46. The Bertz CT molecular complexity index is 450. The van der Waals surface area contributed by atoms with Gasteiger partial charge in [-0.15, -0.1) is 0 Å². The van der Waals surface area contributed by atoms with E-state index in [0.29, 0.717) is 12.2 Å². The third-order valence-corrected chi connectivity index (χ3v) is 4.10. The Kier molecular flexibility index (Phi) is 4.81. The summed E-state index contributed by atoms with van der Waals surface area (Å²) < 4.78 is 29.3. The van der Waals surface area contributed by atoms with Crippen molar-refractivity contribution in [3.05, 3.63) is 26.2 Å². The molecule has 7 heteroatoms. The molecule has 0 spiro atoms. The van der Waals surface area contributed by atoms with Gasteiger partial charge in [-0.25, -0.2) is 0 Å². The van der Waals surface area contributed by atoms with Gasteiger partial charge in [0.15, 0.2) is 0 Å². The fraction of sp³-hybridized carbons (Fsp3) is 0.250. The van der Waals surface area contributed by atoms with Gasteiger partial charge >= 0.3 is 0 Å². The number of benzene rings is 1. The van der Waals surface area contributed by atoms with Gasteiger partial charge < -0.3 is 0 Å². The molecule has 0 fully saturated rings. The first-order valence-electron chi connectivity index (χ1n) is 4.17. The van der Waals surface area contributed by atoms with E-state index in [1.165, 1.54) is 0 Å². The minimum absolute atomic E-state index is 0.361. The first-order chi connectivity index (χ1) is 6.94. The summed E-state index contributed by atoms with van der Waals surface area (Å²) in [5.74, 6) is 0. The third kappa shape index (κ3) is 4.25. The van der Waals surface area contributed by atoms with E-state index in [0.717, 1.165) is 8.04 Å². The summed E-state index contributed by atoms with van der Waals surface area (Å²) in [4.78, 5) is 0. The number of hydrogen-bond donors (Lipinski definition) is 2. The van der Waals surface area contributed by atoms with Crippen molar-refractivity contribution in [1.29, 1.82) is 0 Å². The van der Waals surface area contributed by atoms with Crippen LogP contribution in [0.25, 0.3) is 0 Å². The molecule has 0 aromatic heterocycles. The largest absolute Gasteiger partial charge is 0.299 e. The van der Waals surface area contributed by atoms with Crippen LogP contribution >= 0.6 is 38.5 Å². The Labute approximate surface area is 111 Å².